The molecule has 2 aromatic carbocycles. The van der Waals surface area contributed by atoms with Crippen molar-refractivity contribution in [2.24, 2.45) is 5.92 Å². The predicted octanol–water partition coefficient (Wildman–Crippen LogP) is 5.30. The number of anilines is 2. The van der Waals surface area contributed by atoms with Crippen molar-refractivity contribution >= 4 is 59.9 Å². The van der Waals surface area contributed by atoms with Gasteiger partial charge in [0.25, 0.3) is 0 Å². The third-order valence-electron chi connectivity index (χ3n) is 5.00. The molecule has 1 saturated heterocycles. The number of benzene rings is 2. The molecule has 2 aromatic heterocycles. The molecule has 1 fully saturated rings. The molecule has 6 nitrogen and oxygen atoms in total. The number of thiazole rings is 1. The Morgan fingerprint density at radius 3 is 2.90 bits per heavy atom. The van der Waals surface area contributed by atoms with Gasteiger partial charge >= 0.3 is 0 Å². The number of aromatic nitrogens is 3. The van der Waals surface area contributed by atoms with Crippen LogP contribution in [-0.2, 0) is 4.74 Å². The van der Waals surface area contributed by atoms with Crippen LogP contribution in [0.1, 0.15) is 6.92 Å². The van der Waals surface area contributed by atoms with Gasteiger partial charge in [0, 0.05) is 10.4 Å². The fourth-order valence-corrected chi connectivity index (χ4v) is 4.40. The van der Waals surface area contributed by atoms with Crippen LogP contribution >= 0.6 is 27.3 Å². The highest BCUT2D eigenvalue weighted by Crippen LogP contribution is 2.37. The summed E-state index contributed by atoms with van der Waals surface area (Å²) in [4.78, 5) is 12.9. The first-order valence-corrected chi connectivity index (χ1v) is 10.7. The Balaban J connectivity index is 1.58. The van der Waals surface area contributed by atoms with Crippen LogP contribution in [-0.4, -0.2) is 34.3 Å². The van der Waals surface area contributed by atoms with Crippen molar-refractivity contribution in [3.63, 3.8) is 0 Å². The minimum Gasteiger partial charge on any atom is -0.489 e. The molecule has 29 heavy (non-hydrogen) atoms. The fourth-order valence-electron chi connectivity index (χ4n) is 3.25. The van der Waals surface area contributed by atoms with Gasteiger partial charge in [-0.25, -0.2) is 19.3 Å². The molecule has 5 rings (SSSR count). The number of nitrogens with zero attached hydrogens (tertiary/aromatic N) is 3. The molecule has 0 bridgehead atoms. The maximum absolute atomic E-state index is 14.9. The van der Waals surface area contributed by atoms with E-state index in [4.69, 9.17) is 9.47 Å². The second-order valence-corrected chi connectivity index (χ2v) is 8.66. The summed E-state index contributed by atoms with van der Waals surface area (Å²) in [5, 5.41) is 3.82. The van der Waals surface area contributed by atoms with Crippen molar-refractivity contribution in [2.45, 2.75) is 13.0 Å². The highest BCUT2D eigenvalue weighted by molar-refractivity contribution is 9.10. The lowest BCUT2D eigenvalue weighted by Gasteiger charge is -2.32. The van der Waals surface area contributed by atoms with Crippen LogP contribution in [0.15, 0.2) is 40.6 Å². The topological polar surface area (TPSA) is 69.2 Å². The summed E-state index contributed by atoms with van der Waals surface area (Å²) < 4.78 is 27.8. The molecule has 1 N–H and O–H groups in total. The van der Waals surface area contributed by atoms with E-state index < -0.39 is 0 Å². The highest BCUT2D eigenvalue weighted by atomic mass is 79.9. The summed E-state index contributed by atoms with van der Waals surface area (Å²) in [6.45, 7) is 3.40. The summed E-state index contributed by atoms with van der Waals surface area (Å²) in [7, 11) is 0. The van der Waals surface area contributed by atoms with Crippen molar-refractivity contribution in [1.82, 2.24) is 15.0 Å². The van der Waals surface area contributed by atoms with Crippen LogP contribution in [0.25, 0.3) is 21.1 Å². The molecule has 1 atom stereocenters. The quantitative estimate of drug-likeness (QED) is 0.423. The summed E-state index contributed by atoms with van der Waals surface area (Å²) >= 11 is 4.78. The summed E-state index contributed by atoms with van der Waals surface area (Å²) in [6, 6.07) is 7.22. The van der Waals surface area contributed by atoms with E-state index >= 15 is 0 Å². The normalized spacial score (nSPS) is 15.4. The Morgan fingerprint density at radius 1 is 1.24 bits per heavy atom. The molecule has 1 aliphatic rings. The van der Waals surface area contributed by atoms with Crippen molar-refractivity contribution in [3.8, 4) is 5.75 Å². The molecule has 3 heterocycles. The van der Waals surface area contributed by atoms with E-state index in [9.17, 15) is 4.39 Å². The predicted molar refractivity (Wildman–Crippen MR) is 114 cm³/mol. The Bertz CT molecular complexity index is 1210. The number of nitrogens with one attached hydrogen (secondary N) is 1. The minimum atomic E-state index is -0.351. The van der Waals surface area contributed by atoms with Crippen molar-refractivity contribution < 1.29 is 13.9 Å². The lowest BCUT2D eigenvalue weighted by Crippen LogP contribution is -2.39. The number of fused-ring (bicyclic) bond motifs is 2. The molecule has 0 spiro atoms. The lowest BCUT2D eigenvalue weighted by molar-refractivity contribution is -0.0773. The van der Waals surface area contributed by atoms with E-state index in [0.717, 1.165) is 4.47 Å². The van der Waals surface area contributed by atoms with Crippen LogP contribution in [0.4, 0.5) is 15.9 Å². The maximum Gasteiger partial charge on any atom is 0.166 e. The van der Waals surface area contributed by atoms with Gasteiger partial charge in [0.2, 0.25) is 0 Å². The van der Waals surface area contributed by atoms with Gasteiger partial charge in [0.05, 0.1) is 45.5 Å². The summed E-state index contributed by atoms with van der Waals surface area (Å²) in [6.07, 6.45) is 1.42. The fraction of sp³-hybridized carbons (Fsp3) is 0.250. The van der Waals surface area contributed by atoms with Crippen LogP contribution in [0.2, 0.25) is 0 Å². The third kappa shape index (κ3) is 3.43. The summed E-state index contributed by atoms with van der Waals surface area (Å²) in [5.41, 5.74) is 3.29. The zero-order chi connectivity index (χ0) is 20.0. The van der Waals surface area contributed by atoms with Gasteiger partial charge in [-0.2, -0.15) is 0 Å². The van der Waals surface area contributed by atoms with Gasteiger partial charge in [0.15, 0.2) is 5.82 Å². The Morgan fingerprint density at radius 2 is 2.10 bits per heavy atom. The van der Waals surface area contributed by atoms with Crippen LogP contribution in [0.3, 0.4) is 0 Å². The first kappa shape index (κ1) is 18.7. The molecule has 0 amide bonds. The monoisotopic (exact) mass is 474 g/mol. The molecular weight excluding hydrogens is 459 g/mol. The van der Waals surface area contributed by atoms with Gasteiger partial charge in [-0.1, -0.05) is 15.9 Å². The largest absolute Gasteiger partial charge is 0.489 e. The molecule has 4 aromatic rings. The molecule has 9 heteroatoms. The Labute approximate surface area is 178 Å². The first-order valence-electron chi connectivity index (χ1n) is 9.07. The van der Waals surface area contributed by atoms with Crippen LogP contribution in [0.5, 0.6) is 5.75 Å². The number of hydrogen-bond donors (Lipinski definition) is 1. The van der Waals surface area contributed by atoms with E-state index in [1.54, 1.807) is 17.6 Å². The lowest BCUT2D eigenvalue weighted by atomic mass is 10.0. The second-order valence-electron chi connectivity index (χ2n) is 6.89. The average molecular weight is 475 g/mol. The van der Waals surface area contributed by atoms with Gasteiger partial charge in [-0.05, 0) is 31.2 Å². The van der Waals surface area contributed by atoms with E-state index in [2.05, 4.69) is 36.2 Å². The number of rotatable bonds is 5. The molecule has 1 aliphatic heterocycles. The van der Waals surface area contributed by atoms with Gasteiger partial charge in [0.1, 0.15) is 24.0 Å². The smallest absolute Gasteiger partial charge is 0.166 e. The molecule has 0 saturated carbocycles. The zero-order valence-corrected chi connectivity index (χ0v) is 17.8. The Hall–Kier alpha value is -2.36. The SMILES string of the molecule is CC(Oc1cc(Br)cc2ncnc(Nc3ccc4ncsc4c3F)c12)C1COC1. The maximum atomic E-state index is 14.9. The van der Waals surface area contributed by atoms with Crippen LogP contribution < -0.4 is 10.1 Å². The van der Waals surface area contributed by atoms with E-state index in [0.29, 0.717) is 57.5 Å². The van der Waals surface area contributed by atoms with E-state index in [1.165, 1.54) is 17.7 Å². The molecule has 148 valence electrons. The Kier molecular flexibility index (Phi) is 4.81. The first-order chi connectivity index (χ1) is 14.1. The number of hydrogen-bond acceptors (Lipinski definition) is 7. The van der Waals surface area contributed by atoms with E-state index in [-0.39, 0.29) is 11.9 Å². The molecule has 0 radical (unpaired) electrons. The molecule has 0 aliphatic carbocycles. The van der Waals surface area contributed by atoms with E-state index in [1.807, 2.05) is 19.1 Å². The summed E-state index contributed by atoms with van der Waals surface area (Å²) in [5.74, 6) is 1.11. The highest BCUT2D eigenvalue weighted by Gasteiger charge is 2.27. The molecular formula is C20H16BrFN4O2S. The van der Waals surface area contributed by atoms with Crippen molar-refractivity contribution in [3.05, 3.63) is 46.4 Å². The van der Waals surface area contributed by atoms with Gasteiger partial charge in [-0.3, -0.25) is 0 Å². The third-order valence-corrected chi connectivity index (χ3v) is 6.29. The minimum absolute atomic E-state index is 0.0282. The van der Waals surface area contributed by atoms with Crippen LogP contribution in [0, 0.1) is 11.7 Å². The van der Waals surface area contributed by atoms with Gasteiger partial charge in [-0.15, -0.1) is 11.3 Å². The zero-order valence-electron chi connectivity index (χ0n) is 15.4. The second kappa shape index (κ2) is 7.47. The molecule has 1 unspecified atom stereocenters. The van der Waals surface area contributed by atoms with Crippen molar-refractivity contribution in [2.75, 3.05) is 18.5 Å². The standard InChI is InChI=1S/C20H16BrFN4O2S/c1-10(11-6-27-7-11)28-16-5-12(21)4-15-17(16)20(24-8-23-15)26-13-2-3-14-19(18(13)22)29-9-25-14/h2-5,8-11H,6-7H2,1H3,(H,23,24,26). The number of halogens is 2. The van der Waals surface area contributed by atoms with Gasteiger partial charge < -0.3 is 14.8 Å². The van der Waals surface area contributed by atoms with Crippen molar-refractivity contribution in [1.29, 1.82) is 0 Å². The average Bonchev–Trinajstić information content (AvgIpc) is 3.12. The number of ether oxygens (including phenoxy) is 2.